The zero-order valence-corrected chi connectivity index (χ0v) is 10.8. The van der Waals surface area contributed by atoms with Crippen molar-refractivity contribution in [2.45, 2.75) is 6.92 Å². The molecule has 0 fully saturated rings. The number of aromatic carboxylic acids is 1. The minimum atomic E-state index is -0.948. The van der Waals surface area contributed by atoms with Crippen LogP contribution < -0.4 is 0 Å². The standard InChI is InChI=1S/C17H11NO2/c1-13-6-7-15(12-18-13)5-3-2-4-14-8-10-16(11-9-14)17(19)20/h6-12H,1H3,(H,19,20). The van der Waals surface area contributed by atoms with Crippen molar-refractivity contribution in [3.8, 4) is 23.7 Å². The second-order valence-electron chi connectivity index (χ2n) is 4.07. The molecule has 0 aliphatic rings. The van der Waals surface area contributed by atoms with E-state index in [-0.39, 0.29) is 5.56 Å². The highest BCUT2D eigenvalue weighted by Gasteiger charge is 1.99. The van der Waals surface area contributed by atoms with Crippen LogP contribution in [0.5, 0.6) is 0 Å². The van der Waals surface area contributed by atoms with Crippen molar-refractivity contribution in [2.75, 3.05) is 0 Å². The molecule has 96 valence electrons. The minimum Gasteiger partial charge on any atom is -0.478 e. The third-order valence-electron chi connectivity index (χ3n) is 2.52. The molecule has 1 aromatic heterocycles. The lowest BCUT2D eigenvalue weighted by Gasteiger charge is -1.92. The summed E-state index contributed by atoms with van der Waals surface area (Å²) in [6.07, 6.45) is 1.70. The van der Waals surface area contributed by atoms with Crippen molar-refractivity contribution in [1.82, 2.24) is 4.98 Å². The highest BCUT2D eigenvalue weighted by molar-refractivity contribution is 5.87. The van der Waals surface area contributed by atoms with E-state index in [0.29, 0.717) is 0 Å². The van der Waals surface area contributed by atoms with Gasteiger partial charge in [-0.25, -0.2) is 4.79 Å². The maximum atomic E-state index is 10.7. The Kier molecular flexibility index (Phi) is 4.17. The second-order valence-corrected chi connectivity index (χ2v) is 4.07. The summed E-state index contributed by atoms with van der Waals surface area (Å²) in [5.41, 5.74) is 2.73. The van der Waals surface area contributed by atoms with Gasteiger partial charge in [0.25, 0.3) is 0 Å². The fourth-order valence-corrected chi connectivity index (χ4v) is 1.44. The van der Waals surface area contributed by atoms with Gasteiger partial charge in [0.1, 0.15) is 0 Å². The van der Waals surface area contributed by atoms with Crippen molar-refractivity contribution in [1.29, 1.82) is 0 Å². The Morgan fingerprint density at radius 2 is 1.60 bits per heavy atom. The lowest BCUT2D eigenvalue weighted by Crippen LogP contribution is -1.94. The van der Waals surface area contributed by atoms with Crippen LogP contribution in [-0.4, -0.2) is 16.1 Å². The van der Waals surface area contributed by atoms with Crippen LogP contribution in [-0.2, 0) is 0 Å². The van der Waals surface area contributed by atoms with Crippen LogP contribution in [0.25, 0.3) is 0 Å². The number of benzene rings is 1. The molecule has 0 spiro atoms. The molecule has 0 atom stereocenters. The molecule has 0 saturated heterocycles. The summed E-state index contributed by atoms with van der Waals surface area (Å²) in [7, 11) is 0. The van der Waals surface area contributed by atoms with Crippen molar-refractivity contribution >= 4 is 5.97 Å². The van der Waals surface area contributed by atoms with Crippen molar-refractivity contribution in [3.63, 3.8) is 0 Å². The van der Waals surface area contributed by atoms with Gasteiger partial charge in [0, 0.05) is 23.0 Å². The molecule has 0 bridgehead atoms. The number of pyridine rings is 1. The highest BCUT2D eigenvalue weighted by Crippen LogP contribution is 2.02. The molecule has 0 aliphatic carbocycles. The maximum absolute atomic E-state index is 10.7. The Morgan fingerprint density at radius 3 is 2.15 bits per heavy atom. The number of hydrogen-bond donors (Lipinski definition) is 1. The minimum absolute atomic E-state index is 0.243. The molecule has 1 aromatic carbocycles. The molecule has 1 heterocycles. The molecular weight excluding hydrogens is 250 g/mol. The Hall–Kier alpha value is -3.04. The third-order valence-corrected chi connectivity index (χ3v) is 2.52. The van der Waals surface area contributed by atoms with Gasteiger partial charge in [-0.2, -0.15) is 0 Å². The van der Waals surface area contributed by atoms with Gasteiger partial charge in [-0.15, -0.1) is 0 Å². The number of carboxylic acid groups (broad SMARTS) is 1. The van der Waals surface area contributed by atoms with Gasteiger partial charge in [0.2, 0.25) is 0 Å². The monoisotopic (exact) mass is 261 g/mol. The molecular formula is C17H11NO2. The Labute approximate surface area is 117 Å². The van der Waals surface area contributed by atoms with Crippen molar-refractivity contribution < 1.29 is 9.90 Å². The smallest absolute Gasteiger partial charge is 0.335 e. The van der Waals surface area contributed by atoms with Crippen LogP contribution in [0.3, 0.4) is 0 Å². The first-order valence-corrected chi connectivity index (χ1v) is 5.93. The molecule has 1 N–H and O–H groups in total. The van der Waals surface area contributed by atoms with Gasteiger partial charge in [-0.05, 0) is 55.2 Å². The number of carboxylic acids is 1. The maximum Gasteiger partial charge on any atom is 0.335 e. The van der Waals surface area contributed by atoms with Crippen LogP contribution in [0.4, 0.5) is 0 Å². The van der Waals surface area contributed by atoms with Crippen molar-refractivity contribution in [3.05, 3.63) is 65.0 Å². The SMILES string of the molecule is Cc1ccc(C#CC#Cc2ccc(C(=O)O)cc2)cn1. The molecule has 2 aromatic rings. The first-order chi connectivity index (χ1) is 9.65. The van der Waals surface area contributed by atoms with Gasteiger partial charge >= 0.3 is 5.97 Å². The Bertz CT molecular complexity index is 736. The lowest BCUT2D eigenvalue weighted by molar-refractivity contribution is 0.0697. The summed E-state index contributed by atoms with van der Waals surface area (Å²) in [6.45, 7) is 1.91. The molecule has 0 unspecified atom stereocenters. The van der Waals surface area contributed by atoms with Crippen molar-refractivity contribution in [2.24, 2.45) is 0 Å². The quantitative estimate of drug-likeness (QED) is 0.802. The number of nitrogens with zero attached hydrogens (tertiary/aromatic N) is 1. The van der Waals surface area contributed by atoms with E-state index < -0.39 is 5.97 Å². The van der Waals surface area contributed by atoms with E-state index in [1.54, 1.807) is 18.3 Å². The first kappa shape index (κ1) is 13.4. The summed E-state index contributed by atoms with van der Waals surface area (Å²) in [5.74, 6) is 10.3. The first-order valence-electron chi connectivity index (χ1n) is 5.93. The summed E-state index contributed by atoms with van der Waals surface area (Å²) in [5, 5.41) is 8.77. The van der Waals surface area contributed by atoms with E-state index in [1.807, 2.05) is 19.1 Å². The molecule has 0 amide bonds. The molecule has 0 aliphatic heterocycles. The van der Waals surface area contributed by atoms with Crippen LogP contribution in [0, 0.1) is 30.6 Å². The third kappa shape index (κ3) is 3.73. The van der Waals surface area contributed by atoms with Gasteiger partial charge in [-0.3, -0.25) is 4.98 Å². The van der Waals surface area contributed by atoms with E-state index in [4.69, 9.17) is 5.11 Å². The van der Waals surface area contributed by atoms with Crippen LogP contribution in [0.1, 0.15) is 27.2 Å². The predicted octanol–water partition coefficient (Wildman–Crippen LogP) is 2.49. The largest absolute Gasteiger partial charge is 0.478 e. The zero-order valence-electron chi connectivity index (χ0n) is 10.8. The van der Waals surface area contributed by atoms with Gasteiger partial charge in [0.15, 0.2) is 0 Å². The topological polar surface area (TPSA) is 50.2 Å². The number of rotatable bonds is 1. The number of hydrogen-bond acceptors (Lipinski definition) is 2. The summed E-state index contributed by atoms with van der Waals surface area (Å²) < 4.78 is 0. The van der Waals surface area contributed by atoms with E-state index >= 15 is 0 Å². The summed E-state index contributed by atoms with van der Waals surface area (Å²) >= 11 is 0. The van der Waals surface area contributed by atoms with Crippen LogP contribution in [0.15, 0.2) is 42.6 Å². The van der Waals surface area contributed by atoms with Gasteiger partial charge < -0.3 is 5.11 Å². The Morgan fingerprint density at radius 1 is 1.00 bits per heavy atom. The molecule has 0 saturated carbocycles. The van der Waals surface area contributed by atoms with Crippen LogP contribution in [0.2, 0.25) is 0 Å². The average Bonchev–Trinajstić information content (AvgIpc) is 2.46. The lowest BCUT2D eigenvalue weighted by atomic mass is 10.1. The predicted molar refractivity (Wildman–Crippen MR) is 76.1 cm³/mol. The highest BCUT2D eigenvalue weighted by atomic mass is 16.4. The normalized spacial score (nSPS) is 8.85. The number of carbonyl (C=O) groups is 1. The molecule has 20 heavy (non-hydrogen) atoms. The second kappa shape index (κ2) is 6.22. The number of aryl methyl sites for hydroxylation is 1. The Balaban J connectivity index is 2.08. The van der Waals surface area contributed by atoms with Gasteiger partial charge in [-0.1, -0.05) is 11.8 Å². The van der Waals surface area contributed by atoms with Crippen LogP contribution >= 0.6 is 0 Å². The van der Waals surface area contributed by atoms with E-state index in [9.17, 15) is 4.79 Å². The fraction of sp³-hybridized carbons (Fsp3) is 0.0588. The summed E-state index contributed by atoms with van der Waals surface area (Å²) in [6, 6.07) is 10.1. The zero-order chi connectivity index (χ0) is 14.4. The molecule has 2 rings (SSSR count). The average molecular weight is 261 g/mol. The van der Waals surface area contributed by atoms with E-state index in [1.165, 1.54) is 12.1 Å². The molecule has 3 heteroatoms. The van der Waals surface area contributed by atoms with E-state index in [0.717, 1.165) is 16.8 Å². The fourth-order valence-electron chi connectivity index (χ4n) is 1.44. The van der Waals surface area contributed by atoms with E-state index in [2.05, 4.69) is 28.7 Å². The summed E-state index contributed by atoms with van der Waals surface area (Å²) in [4.78, 5) is 14.8. The number of aromatic nitrogens is 1. The molecule has 3 nitrogen and oxygen atoms in total. The molecule has 0 radical (unpaired) electrons. The van der Waals surface area contributed by atoms with Gasteiger partial charge in [0.05, 0.1) is 5.56 Å².